The van der Waals surface area contributed by atoms with Gasteiger partial charge in [0.25, 0.3) is 0 Å². The van der Waals surface area contributed by atoms with E-state index in [9.17, 15) is 0 Å². The molecule has 3 heteroatoms. The summed E-state index contributed by atoms with van der Waals surface area (Å²) in [7, 11) is 6.07. The smallest absolute Gasteiger partial charge is 0.0258 e. The van der Waals surface area contributed by atoms with Crippen molar-refractivity contribution in [1.82, 2.24) is 0 Å². The fraction of sp³-hybridized carbons (Fsp3) is 1.00. The van der Waals surface area contributed by atoms with E-state index < -0.39 is 0 Å². The molecule has 0 bridgehead atoms. The monoisotopic (exact) mass is 194 g/mol. The number of rotatable bonds is 4. The fourth-order valence-electron chi connectivity index (χ4n) is 0.968. The van der Waals surface area contributed by atoms with Crippen LogP contribution in [0.5, 0.6) is 0 Å². The van der Waals surface area contributed by atoms with Crippen molar-refractivity contribution in [3.63, 3.8) is 0 Å². The van der Waals surface area contributed by atoms with Crippen LogP contribution in [-0.4, -0.2) is 11.0 Å². The minimum Gasteiger partial charge on any atom is -0.0814 e. The molecule has 0 aromatic rings. The molecule has 0 saturated carbocycles. The van der Waals surface area contributed by atoms with Gasteiger partial charge in [-0.1, -0.05) is 47.8 Å². The van der Waals surface area contributed by atoms with Gasteiger partial charge >= 0.3 is 0 Å². The van der Waals surface area contributed by atoms with Gasteiger partial charge in [-0.3, -0.25) is 0 Å². The lowest BCUT2D eigenvalue weighted by molar-refractivity contribution is 0.669. The largest absolute Gasteiger partial charge is 0.0814 e. The summed E-state index contributed by atoms with van der Waals surface area (Å²) >= 11 is 0. The summed E-state index contributed by atoms with van der Waals surface area (Å²) in [5.74, 6) is 1.37. The molecule has 1 aliphatic rings. The second kappa shape index (κ2) is 5.67. The zero-order valence-electron chi connectivity index (χ0n) is 6.34. The van der Waals surface area contributed by atoms with Crippen LogP contribution in [0.3, 0.4) is 0 Å². The van der Waals surface area contributed by atoms with Crippen molar-refractivity contribution < 1.29 is 0 Å². The quantitative estimate of drug-likeness (QED) is 0.491. The molecule has 0 amide bonds. The van der Waals surface area contributed by atoms with Crippen LogP contribution in [-0.2, 0) is 0 Å². The summed E-state index contributed by atoms with van der Waals surface area (Å²) < 4.78 is 0. The van der Waals surface area contributed by atoms with E-state index in [1.54, 1.807) is 0 Å². The van der Waals surface area contributed by atoms with E-state index >= 15 is 0 Å². The molecule has 1 aliphatic heterocycles. The first-order chi connectivity index (χ1) is 4.93. The molecule has 60 valence electrons. The van der Waals surface area contributed by atoms with E-state index in [-0.39, 0.29) is 0 Å². The van der Waals surface area contributed by atoms with Gasteiger partial charge in [0.2, 0.25) is 0 Å². The minimum atomic E-state index is 0.960. The SMILES string of the molecule is CCCCCC1CSSS1. The second-order valence-corrected chi connectivity index (χ2v) is 7.05. The summed E-state index contributed by atoms with van der Waals surface area (Å²) in [5.41, 5.74) is 0. The highest BCUT2D eigenvalue weighted by atomic mass is 33.5. The van der Waals surface area contributed by atoms with Gasteiger partial charge in [-0.25, -0.2) is 0 Å². The van der Waals surface area contributed by atoms with Crippen LogP contribution in [0.1, 0.15) is 32.6 Å². The normalized spacial score (nSPS) is 25.5. The molecule has 1 atom stereocenters. The van der Waals surface area contributed by atoms with Crippen LogP contribution in [0.15, 0.2) is 0 Å². The van der Waals surface area contributed by atoms with E-state index in [2.05, 4.69) is 17.7 Å². The minimum absolute atomic E-state index is 0.960. The molecule has 0 nitrogen and oxygen atoms in total. The Bertz CT molecular complexity index is 78.9. The molecule has 1 unspecified atom stereocenters. The first-order valence-electron chi connectivity index (χ1n) is 3.88. The molecule has 0 aliphatic carbocycles. The van der Waals surface area contributed by atoms with Gasteiger partial charge in [0.05, 0.1) is 0 Å². The predicted octanol–water partition coefficient (Wildman–Crippen LogP) is 3.98. The Balaban J connectivity index is 1.91. The molecular formula is C7H14S3. The molecule has 0 spiro atoms. The van der Waals surface area contributed by atoms with Crippen LogP contribution in [0.2, 0.25) is 0 Å². The third-order valence-corrected chi connectivity index (χ3v) is 6.53. The topological polar surface area (TPSA) is 0 Å². The van der Waals surface area contributed by atoms with Gasteiger partial charge < -0.3 is 0 Å². The Labute approximate surface area is 75.1 Å². The number of unbranched alkanes of at least 4 members (excludes halogenated alkanes) is 2. The Morgan fingerprint density at radius 2 is 2.30 bits per heavy atom. The Morgan fingerprint density at radius 3 is 2.90 bits per heavy atom. The van der Waals surface area contributed by atoms with Gasteiger partial charge in [0.15, 0.2) is 0 Å². The van der Waals surface area contributed by atoms with Crippen molar-refractivity contribution in [2.45, 2.75) is 37.9 Å². The van der Waals surface area contributed by atoms with Crippen molar-refractivity contribution in [1.29, 1.82) is 0 Å². The molecule has 1 rings (SSSR count). The van der Waals surface area contributed by atoms with Crippen molar-refractivity contribution in [2.24, 2.45) is 0 Å². The highest BCUT2D eigenvalue weighted by molar-refractivity contribution is 9.10. The van der Waals surface area contributed by atoms with Crippen LogP contribution in [0, 0.1) is 0 Å². The highest BCUT2D eigenvalue weighted by Crippen LogP contribution is 2.48. The fourth-order valence-corrected chi connectivity index (χ4v) is 6.40. The van der Waals surface area contributed by atoms with Gasteiger partial charge in [0, 0.05) is 11.0 Å². The summed E-state index contributed by atoms with van der Waals surface area (Å²) in [6.07, 6.45) is 5.66. The average molecular weight is 194 g/mol. The molecular weight excluding hydrogens is 180 g/mol. The lowest BCUT2D eigenvalue weighted by Crippen LogP contribution is -1.99. The molecule has 0 aromatic heterocycles. The maximum atomic E-state index is 2.27. The maximum Gasteiger partial charge on any atom is 0.0258 e. The second-order valence-electron chi connectivity index (χ2n) is 2.57. The zero-order valence-corrected chi connectivity index (χ0v) is 8.79. The van der Waals surface area contributed by atoms with Gasteiger partial charge in [0.1, 0.15) is 0 Å². The lowest BCUT2D eigenvalue weighted by Gasteiger charge is -2.03. The Kier molecular flexibility index (Phi) is 5.18. The van der Waals surface area contributed by atoms with Crippen LogP contribution < -0.4 is 0 Å². The van der Waals surface area contributed by atoms with Crippen LogP contribution >= 0.6 is 31.4 Å². The first-order valence-corrected chi connectivity index (χ1v) is 7.60. The molecule has 1 fully saturated rings. The maximum absolute atomic E-state index is 2.27. The number of hydrogen-bond acceptors (Lipinski definition) is 3. The molecule has 0 radical (unpaired) electrons. The molecule has 1 heterocycles. The van der Waals surface area contributed by atoms with Crippen LogP contribution in [0.4, 0.5) is 0 Å². The first kappa shape index (κ1) is 9.14. The van der Waals surface area contributed by atoms with Crippen LogP contribution in [0.25, 0.3) is 0 Å². The Hall–Kier alpha value is 1.05. The van der Waals surface area contributed by atoms with Crippen molar-refractivity contribution in [3.05, 3.63) is 0 Å². The average Bonchev–Trinajstić information content (AvgIpc) is 2.41. The van der Waals surface area contributed by atoms with E-state index in [0.29, 0.717) is 0 Å². The van der Waals surface area contributed by atoms with E-state index in [1.807, 2.05) is 20.6 Å². The summed E-state index contributed by atoms with van der Waals surface area (Å²) in [6.45, 7) is 2.27. The molecule has 10 heavy (non-hydrogen) atoms. The highest BCUT2D eigenvalue weighted by Gasteiger charge is 2.15. The molecule has 1 saturated heterocycles. The van der Waals surface area contributed by atoms with Gasteiger partial charge in [-0.05, 0) is 16.2 Å². The van der Waals surface area contributed by atoms with Crippen molar-refractivity contribution in [2.75, 3.05) is 5.75 Å². The lowest BCUT2D eigenvalue weighted by atomic mass is 10.2. The van der Waals surface area contributed by atoms with Crippen molar-refractivity contribution >= 4 is 31.4 Å². The summed E-state index contributed by atoms with van der Waals surface area (Å²) in [5, 5.41) is 0.960. The van der Waals surface area contributed by atoms with Crippen molar-refractivity contribution in [3.8, 4) is 0 Å². The third kappa shape index (κ3) is 3.44. The van der Waals surface area contributed by atoms with Gasteiger partial charge in [-0.15, -0.1) is 0 Å². The Morgan fingerprint density at radius 1 is 1.40 bits per heavy atom. The summed E-state index contributed by atoms with van der Waals surface area (Å²) in [6, 6.07) is 0. The van der Waals surface area contributed by atoms with E-state index in [0.717, 1.165) is 5.25 Å². The summed E-state index contributed by atoms with van der Waals surface area (Å²) in [4.78, 5) is 0. The third-order valence-electron chi connectivity index (χ3n) is 1.61. The number of hydrogen-bond donors (Lipinski definition) is 0. The molecule has 0 aromatic carbocycles. The predicted molar refractivity (Wildman–Crippen MR) is 55.6 cm³/mol. The zero-order chi connectivity index (χ0) is 7.23. The van der Waals surface area contributed by atoms with Gasteiger partial charge in [-0.2, -0.15) is 0 Å². The van der Waals surface area contributed by atoms with E-state index in [4.69, 9.17) is 0 Å². The standard InChI is InChI=1S/C7H14S3/c1-2-3-4-5-7-6-8-10-9-7/h7H,2-6H2,1H3. The molecule has 0 N–H and O–H groups in total. The van der Waals surface area contributed by atoms with E-state index in [1.165, 1.54) is 31.4 Å².